The monoisotopic (exact) mass is 327 g/mol. The van der Waals surface area contributed by atoms with Crippen LogP contribution in [0.2, 0.25) is 0 Å². The third-order valence-electron chi connectivity index (χ3n) is 3.11. The molecule has 1 aromatic carbocycles. The Hall–Kier alpha value is -2.05. The molecule has 0 saturated carbocycles. The predicted octanol–water partition coefficient (Wildman–Crippen LogP) is 4.46. The zero-order valence-corrected chi connectivity index (χ0v) is 12.9. The first-order valence-electron chi connectivity index (χ1n) is 7.28. The molecule has 7 heteroatoms. The topological polar surface area (TPSA) is 48.2 Å². The normalized spacial score (nSPS) is 13.1. The minimum atomic E-state index is -4.14. The van der Waals surface area contributed by atoms with Crippen LogP contribution in [-0.2, 0) is 0 Å². The molecule has 0 aliphatic carbocycles. The summed E-state index contributed by atoms with van der Waals surface area (Å²) in [7, 11) is 0. The molecule has 0 saturated heterocycles. The number of alkyl halides is 3. The van der Waals surface area contributed by atoms with Gasteiger partial charge in [-0.15, -0.1) is 10.2 Å². The lowest BCUT2D eigenvalue weighted by atomic mass is 10.0. The van der Waals surface area contributed by atoms with Gasteiger partial charge in [-0.25, -0.2) is 0 Å². The summed E-state index contributed by atoms with van der Waals surface area (Å²) in [6.45, 7) is 3.67. The van der Waals surface area contributed by atoms with E-state index in [1.54, 1.807) is 25.1 Å². The lowest BCUT2D eigenvalue weighted by Gasteiger charge is -2.10. The van der Waals surface area contributed by atoms with Crippen molar-refractivity contribution in [1.82, 2.24) is 10.2 Å². The van der Waals surface area contributed by atoms with Crippen LogP contribution in [0.15, 0.2) is 28.7 Å². The van der Waals surface area contributed by atoms with Gasteiger partial charge < -0.3 is 9.15 Å². The average Bonchev–Trinajstić information content (AvgIpc) is 2.90. The second-order valence-electron chi connectivity index (χ2n) is 5.25. The zero-order valence-electron chi connectivity index (χ0n) is 12.9. The van der Waals surface area contributed by atoms with E-state index >= 15 is 0 Å². The van der Waals surface area contributed by atoms with E-state index in [2.05, 4.69) is 10.2 Å². The van der Waals surface area contributed by atoms with Gasteiger partial charge in [0, 0.05) is 25.7 Å². The molecule has 0 aliphatic heterocycles. The number of ether oxygens (including phenoxy) is 1. The fourth-order valence-corrected chi connectivity index (χ4v) is 2.03. The quantitative estimate of drug-likeness (QED) is 0.705. The fourth-order valence-electron chi connectivity index (χ4n) is 2.03. The maximum absolute atomic E-state index is 12.1. The van der Waals surface area contributed by atoms with Crippen molar-refractivity contribution in [1.29, 1.82) is 0 Å². The number of rotatable bonds is 7. The molecule has 1 heterocycles. The molecule has 0 aliphatic rings. The lowest BCUT2D eigenvalue weighted by Crippen LogP contribution is -2.09. The molecule has 0 fully saturated rings. The van der Waals surface area contributed by atoms with Gasteiger partial charge in [-0.05, 0) is 24.1 Å². The van der Waals surface area contributed by atoms with E-state index in [1.807, 2.05) is 19.4 Å². The number of hydrogen-bond acceptors (Lipinski definition) is 4. The number of aryl methyl sites for hydroxylation is 1. The zero-order chi connectivity index (χ0) is 16.9. The highest BCUT2D eigenvalue weighted by atomic mass is 19.4. The van der Waals surface area contributed by atoms with E-state index in [1.165, 1.54) is 0 Å². The average molecular weight is 327 g/mol. The number of benzene rings is 1. The molecule has 2 rings (SSSR count). The highest BCUT2D eigenvalue weighted by molar-refractivity contribution is 5.34. The number of aromatic nitrogens is 2. The van der Waals surface area contributed by atoms with Gasteiger partial charge in [-0.3, -0.25) is 0 Å². The molecule has 1 atom stereocenters. The summed E-state index contributed by atoms with van der Waals surface area (Å²) < 4.78 is 46.9. The summed E-state index contributed by atoms with van der Waals surface area (Å²) in [5.74, 6) is 1.48. The highest BCUT2D eigenvalue weighted by Gasteiger charge is 2.26. The first kappa shape index (κ1) is 17.3. The van der Waals surface area contributed by atoms with Crippen LogP contribution < -0.4 is 4.74 Å². The van der Waals surface area contributed by atoms with Crippen LogP contribution in [0, 0.1) is 13.3 Å². The highest BCUT2D eigenvalue weighted by Crippen LogP contribution is 2.25. The van der Waals surface area contributed by atoms with Gasteiger partial charge in [0.15, 0.2) is 0 Å². The summed E-state index contributed by atoms with van der Waals surface area (Å²) in [5.41, 5.74) is 0.877. The molecule has 2 aromatic rings. The summed E-state index contributed by atoms with van der Waals surface area (Å²) >= 11 is 0. The first-order chi connectivity index (χ1) is 10.8. The maximum atomic E-state index is 12.1. The number of halogens is 3. The fraction of sp³-hybridized carbons (Fsp3) is 0.438. The van der Waals surface area contributed by atoms with Crippen molar-refractivity contribution in [3.63, 3.8) is 0 Å². The van der Waals surface area contributed by atoms with Crippen molar-refractivity contribution in [3.05, 3.63) is 48.0 Å². The smallest absolute Gasteiger partial charge is 0.389 e. The molecule has 23 heavy (non-hydrogen) atoms. The number of hydrogen-bond donors (Lipinski definition) is 0. The van der Waals surface area contributed by atoms with Gasteiger partial charge in [0.25, 0.3) is 0 Å². The van der Waals surface area contributed by atoms with Gasteiger partial charge in [-0.2, -0.15) is 13.2 Å². The van der Waals surface area contributed by atoms with Gasteiger partial charge in [0.2, 0.25) is 11.8 Å². The molecule has 0 N–H and O–H groups in total. The van der Waals surface area contributed by atoms with E-state index in [4.69, 9.17) is 9.15 Å². The molecule has 0 amide bonds. The van der Waals surface area contributed by atoms with Crippen LogP contribution in [0.25, 0.3) is 0 Å². The third-order valence-corrected chi connectivity index (χ3v) is 3.11. The van der Waals surface area contributed by atoms with Gasteiger partial charge in [0.1, 0.15) is 5.75 Å². The summed E-state index contributed by atoms with van der Waals surface area (Å²) in [6, 6.07) is 7.15. The van der Waals surface area contributed by atoms with Crippen LogP contribution in [0.5, 0.6) is 5.75 Å². The van der Waals surface area contributed by atoms with Crippen LogP contribution >= 0.6 is 0 Å². The van der Waals surface area contributed by atoms with Crippen molar-refractivity contribution in [3.8, 4) is 5.75 Å². The van der Waals surface area contributed by atoms with E-state index < -0.39 is 12.6 Å². The van der Waals surface area contributed by atoms with Crippen molar-refractivity contribution >= 4 is 0 Å². The van der Waals surface area contributed by atoms with Crippen molar-refractivity contribution in [2.45, 2.75) is 38.8 Å². The Labute approximate surface area is 132 Å². The van der Waals surface area contributed by atoms with Crippen molar-refractivity contribution in [2.75, 3.05) is 6.61 Å². The Kier molecular flexibility index (Phi) is 5.63. The standard InChI is InChI=1S/C16H18F3N2O2/c1-11(15-21-20-12(2)23-15)9-13-5-3-6-14(10-13)22-8-4-7-16(17,18)19/h3,5-6,9-11H,4,7-8H2,1-2H3. The molecule has 1 aromatic heterocycles. The van der Waals surface area contributed by atoms with Crippen molar-refractivity contribution < 1.29 is 22.3 Å². The van der Waals surface area contributed by atoms with Gasteiger partial charge in [0.05, 0.1) is 6.61 Å². The van der Waals surface area contributed by atoms with Gasteiger partial charge >= 0.3 is 6.18 Å². The molecule has 1 radical (unpaired) electrons. The second kappa shape index (κ2) is 7.48. The maximum Gasteiger partial charge on any atom is 0.389 e. The van der Waals surface area contributed by atoms with E-state index in [0.29, 0.717) is 17.5 Å². The minimum Gasteiger partial charge on any atom is -0.494 e. The Balaban J connectivity index is 1.87. The van der Waals surface area contributed by atoms with Crippen LogP contribution in [0.1, 0.15) is 43.0 Å². The molecule has 0 spiro atoms. The molecular formula is C16H18F3N2O2. The molecule has 125 valence electrons. The summed E-state index contributed by atoms with van der Waals surface area (Å²) in [5, 5.41) is 7.75. The number of nitrogens with zero attached hydrogens (tertiary/aromatic N) is 2. The largest absolute Gasteiger partial charge is 0.494 e. The van der Waals surface area contributed by atoms with E-state index in [9.17, 15) is 13.2 Å². The molecule has 4 nitrogen and oxygen atoms in total. The minimum absolute atomic E-state index is 0.0291. The third kappa shape index (κ3) is 5.92. The SMILES string of the molecule is Cc1nnc(C(C)[CH]c2cccc(OCCCC(F)(F)F)c2)o1. The van der Waals surface area contributed by atoms with Crippen molar-refractivity contribution in [2.24, 2.45) is 0 Å². The summed E-state index contributed by atoms with van der Waals surface area (Å²) in [6.07, 6.45) is -3.12. The van der Waals surface area contributed by atoms with Crippen LogP contribution in [-0.4, -0.2) is 23.0 Å². The van der Waals surface area contributed by atoms with Gasteiger partial charge in [-0.1, -0.05) is 19.1 Å². The predicted molar refractivity (Wildman–Crippen MR) is 78.1 cm³/mol. The Bertz CT molecular complexity index is 626. The molecular weight excluding hydrogens is 309 g/mol. The Morgan fingerprint density at radius 2 is 2.09 bits per heavy atom. The molecule has 0 bridgehead atoms. The Morgan fingerprint density at radius 1 is 1.30 bits per heavy atom. The molecule has 1 unspecified atom stereocenters. The van der Waals surface area contributed by atoms with E-state index in [0.717, 1.165) is 5.56 Å². The second-order valence-corrected chi connectivity index (χ2v) is 5.25. The van der Waals surface area contributed by atoms with Crippen LogP contribution in [0.4, 0.5) is 13.2 Å². The van der Waals surface area contributed by atoms with Crippen LogP contribution in [0.3, 0.4) is 0 Å². The van der Waals surface area contributed by atoms with E-state index in [-0.39, 0.29) is 18.9 Å². The summed E-state index contributed by atoms with van der Waals surface area (Å²) in [4.78, 5) is 0. The Morgan fingerprint density at radius 3 is 2.74 bits per heavy atom. The first-order valence-corrected chi connectivity index (χ1v) is 7.28. The lowest BCUT2D eigenvalue weighted by molar-refractivity contribution is -0.136.